The summed E-state index contributed by atoms with van der Waals surface area (Å²) in [6.45, 7) is 6.66. The standard InChI is InChI=1S/C60H112O6/c1-4-7-10-13-16-19-22-25-27-28-29-30-31-32-34-35-38-41-44-47-50-53-59(62)65-56-57(55-64-58(61)52-49-46-43-40-37-24-21-18-15-12-9-6-3)66-60(63)54-51-48-45-42-39-36-33-26-23-20-17-14-11-8-5-2/h20,23,25,27,57H,4-19,21-22,24,26,28-56H2,1-3H3/b23-20-,27-25-/t57-/m0/s1. The molecule has 0 aromatic carbocycles. The highest BCUT2D eigenvalue weighted by atomic mass is 16.6. The largest absolute Gasteiger partial charge is 0.462 e. The van der Waals surface area contributed by atoms with Gasteiger partial charge in [0.1, 0.15) is 13.2 Å². The van der Waals surface area contributed by atoms with Crippen LogP contribution in [0.3, 0.4) is 0 Å². The number of carbonyl (C=O) groups is 3. The molecule has 0 aromatic heterocycles. The Morgan fingerprint density at radius 2 is 0.500 bits per heavy atom. The molecule has 0 saturated carbocycles. The highest BCUT2D eigenvalue weighted by molar-refractivity contribution is 5.71. The molecule has 0 spiro atoms. The highest BCUT2D eigenvalue weighted by Crippen LogP contribution is 2.17. The van der Waals surface area contributed by atoms with Gasteiger partial charge in [-0.25, -0.2) is 0 Å². The molecule has 0 heterocycles. The second kappa shape index (κ2) is 55.5. The number of carbonyl (C=O) groups excluding carboxylic acids is 3. The lowest BCUT2D eigenvalue weighted by atomic mass is 10.0. The van der Waals surface area contributed by atoms with Crippen molar-refractivity contribution in [3.8, 4) is 0 Å². The van der Waals surface area contributed by atoms with Crippen molar-refractivity contribution in [2.24, 2.45) is 0 Å². The fraction of sp³-hybridized carbons (Fsp3) is 0.883. The van der Waals surface area contributed by atoms with Gasteiger partial charge in [0.05, 0.1) is 0 Å². The molecule has 6 nitrogen and oxygen atoms in total. The van der Waals surface area contributed by atoms with Crippen LogP contribution in [0.5, 0.6) is 0 Å². The van der Waals surface area contributed by atoms with Crippen LogP contribution in [0.2, 0.25) is 0 Å². The van der Waals surface area contributed by atoms with E-state index in [-0.39, 0.29) is 31.1 Å². The van der Waals surface area contributed by atoms with Crippen LogP contribution in [0.1, 0.15) is 323 Å². The van der Waals surface area contributed by atoms with E-state index in [0.29, 0.717) is 19.3 Å². The Morgan fingerprint density at radius 1 is 0.288 bits per heavy atom. The van der Waals surface area contributed by atoms with Gasteiger partial charge in [0, 0.05) is 19.3 Å². The number of rotatable bonds is 54. The third kappa shape index (κ3) is 52.9. The van der Waals surface area contributed by atoms with Gasteiger partial charge in [0.2, 0.25) is 0 Å². The van der Waals surface area contributed by atoms with Gasteiger partial charge >= 0.3 is 17.9 Å². The normalized spacial score (nSPS) is 12.1. The minimum atomic E-state index is -0.769. The van der Waals surface area contributed by atoms with E-state index < -0.39 is 6.10 Å². The summed E-state index contributed by atoms with van der Waals surface area (Å²) in [5, 5.41) is 0. The number of esters is 3. The minimum absolute atomic E-state index is 0.0686. The van der Waals surface area contributed by atoms with Crippen molar-refractivity contribution >= 4 is 17.9 Å². The van der Waals surface area contributed by atoms with E-state index in [1.807, 2.05) is 0 Å². The Bertz CT molecular complexity index is 1070. The molecule has 6 heteroatoms. The fourth-order valence-electron chi connectivity index (χ4n) is 8.73. The van der Waals surface area contributed by atoms with Crippen LogP contribution in [-0.2, 0) is 28.6 Å². The summed E-state index contributed by atoms with van der Waals surface area (Å²) < 4.78 is 16.9. The van der Waals surface area contributed by atoms with Crippen LogP contribution >= 0.6 is 0 Å². The quantitative estimate of drug-likeness (QED) is 0.0262. The van der Waals surface area contributed by atoms with E-state index >= 15 is 0 Å². The molecule has 66 heavy (non-hydrogen) atoms. The number of hydrogen-bond donors (Lipinski definition) is 0. The lowest BCUT2D eigenvalue weighted by Crippen LogP contribution is -2.30. The molecule has 0 rings (SSSR count). The monoisotopic (exact) mass is 929 g/mol. The van der Waals surface area contributed by atoms with Crippen LogP contribution < -0.4 is 0 Å². The molecule has 0 aliphatic rings. The highest BCUT2D eigenvalue weighted by Gasteiger charge is 2.19. The predicted molar refractivity (Wildman–Crippen MR) is 284 cm³/mol. The molecule has 0 aromatic rings. The first-order valence-corrected chi connectivity index (χ1v) is 29.3. The van der Waals surface area contributed by atoms with Crippen molar-refractivity contribution in [2.75, 3.05) is 13.2 Å². The molecule has 0 saturated heterocycles. The number of unbranched alkanes of at least 4 members (excludes halogenated alkanes) is 39. The molecule has 388 valence electrons. The summed E-state index contributed by atoms with van der Waals surface area (Å²) in [5.74, 6) is -0.855. The van der Waals surface area contributed by atoms with Crippen molar-refractivity contribution < 1.29 is 28.6 Å². The molecule has 0 amide bonds. The maximum Gasteiger partial charge on any atom is 0.306 e. The lowest BCUT2D eigenvalue weighted by Gasteiger charge is -2.18. The first kappa shape index (κ1) is 63.9. The minimum Gasteiger partial charge on any atom is -0.462 e. The van der Waals surface area contributed by atoms with E-state index in [0.717, 1.165) is 57.8 Å². The molecule has 0 bridgehead atoms. The van der Waals surface area contributed by atoms with E-state index in [1.54, 1.807) is 0 Å². The molecule has 0 N–H and O–H groups in total. The van der Waals surface area contributed by atoms with Crippen LogP contribution in [0.15, 0.2) is 24.3 Å². The summed E-state index contributed by atoms with van der Waals surface area (Å²) in [6, 6.07) is 0. The first-order chi connectivity index (χ1) is 32.5. The third-order valence-electron chi connectivity index (χ3n) is 13.2. The smallest absolute Gasteiger partial charge is 0.306 e. The zero-order valence-corrected chi connectivity index (χ0v) is 44.5. The Hall–Kier alpha value is -2.11. The number of ether oxygens (including phenoxy) is 3. The molecular weight excluding hydrogens is 817 g/mol. The van der Waals surface area contributed by atoms with Crippen LogP contribution in [0.4, 0.5) is 0 Å². The predicted octanol–water partition coefficient (Wildman–Crippen LogP) is 19.5. The maximum absolute atomic E-state index is 12.8. The average Bonchev–Trinajstić information content (AvgIpc) is 3.31. The van der Waals surface area contributed by atoms with Gasteiger partial charge in [0.15, 0.2) is 6.10 Å². The second-order valence-electron chi connectivity index (χ2n) is 19.9. The third-order valence-corrected chi connectivity index (χ3v) is 13.2. The van der Waals surface area contributed by atoms with Gasteiger partial charge in [0.25, 0.3) is 0 Å². The molecule has 0 unspecified atom stereocenters. The van der Waals surface area contributed by atoms with Crippen molar-refractivity contribution in [1.29, 1.82) is 0 Å². The van der Waals surface area contributed by atoms with Crippen LogP contribution in [0, 0.1) is 0 Å². The summed E-state index contributed by atoms with van der Waals surface area (Å²) in [5.41, 5.74) is 0. The van der Waals surface area contributed by atoms with Crippen LogP contribution in [0.25, 0.3) is 0 Å². The Labute approximate surface area is 411 Å². The molecule has 0 aliphatic carbocycles. The lowest BCUT2D eigenvalue weighted by molar-refractivity contribution is -0.167. The van der Waals surface area contributed by atoms with Crippen molar-refractivity contribution in [2.45, 2.75) is 329 Å². The zero-order valence-electron chi connectivity index (χ0n) is 44.5. The van der Waals surface area contributed by atoms with Crippen molar-refractivity contribution in [3.63, 3.8) is 0 Å². The van der Waals surface area contributed by atoms with Crippen molar-refractivity contribution in [1.82, 2.24) is 0 Å². The number of allylic oxidation sites excluding steroid dienone is 4. The van der Waals surface area contributed by atoms with Crippen molar-refractivity contribution in [3.05, 3.63) is 24.3 Å². The van der Waals surface area contributed by atoms with Crippen LogP contribution in [-0.4, -0.2) is 37.2 Å². The summed E-state index contributed by atoms with van der Waals surface area (Å²) in [7, 11) is 0. The Kier molecular flexibility index (Phi) is 53.7. The summed E-state index contributed by atoms with van der Waals surface area (Å²) in [6.07, 6.45) is 64.5. The zero-order chi connectivity index (χ0) is 47.9. The topological polar surface area (TPSA) is 78.9 Å². The maximum atomic E-state index is 12.8. The van der Waals surface area contributed by atoms with E-state index in [2.05, 4.69) is 45.1 Å². The van der Waals surface area contributed by atoms with E-state index in [4.69, 9.17) is 14.2 Å². The summed E-state index contributed by atoms with van der Waals surface area (Å²) >= 11 is 0. The van der Waals surface area contributed by atoms with Gasteiger partial charge in [-0.3, -0.25) is 14.4 Å². The molecular formula is C60H112O6. The molecule has 0 aliphatic heterocycles. The average molecular weight is 930 g/mol. The fourth-order valence-corrected chi connectivity index (χ4v) is 8.73. The van der Waals surface area contributed by atoms with Gasteiger partial charge < -0.3 is 14.2 Å². The molecule has 1 atom stereocenters. The summed E-state index contributed by atoms with van der Waals surface area (Å²) in [4.78, 5) is 38.1. The van der Waals surface area contributed by atoms with Gasteiger partial charge in [-0.05, 0) is 70.6 Å². The molecule has 0 radical (unpaired) electrons. The first-order valence-electron chi connectivity index (χ1n) is 29.3. The van der Waals surface area contributed by atoms with Gasteiger partial charge in [-0.1, -0.05) is 257 Å². The number of hydrogen-bond acceptors (Lipinski definition) is 6. The van der Waals surface area contributed by atoms with Gasteiger partial charge in [-0.15, -0.1) is 0 Å². The second-order valence-corrected chi connectivity index (χ2v) is 19.9. The van der Waals surface area contributed by atoms with Gasteiger partial charge in [-0.2, -0.15) is 0 Å². The van der Waals surface area contributed by atoms with E-state index in [9.17, 15) is 14.4 Å². The Morgan fingerprint density at radius 3 is 0.773 bits per heavy atom. The SMILES string of the molecule is CCCCCC/C=C\CCCCCCCCCC(=O)O[C@@H](COC(=O)CCCCCCCCCCCCCC)COC(=O)CCCCCCCCCCCCC/C=C\CCCCCCCC. The van der Waals surface area contributed by atoms with E-state index in [1.165, 1.54) is 225 Å². The molecule has 0 fully saturated rings. The Balaban J connectivity index is 4.27.